The Morgan fingerprint density at radius 1 is 1.25 bits per heavy atom. The van der Waals surface area contributed by atoms with Gasteiger partial charge in [0.15, 0.2) is 11.7 Å². The number of nitrogens with zero attached hydrogens (tertiary/aromatic N) is 7. The number of carboxylic acids is 1. The Morgan fingerprint density at radius 2 is 1.95 bits per heavy atom. The highest BCUT2D eigenvalue weighted by Crippen LogP contribution is 2.53. The fourth-order valence-corrected chi connectivity index (χ4v) is 7.78. The van der Waals surface area contributed by atoms with E-state index >= 15 is 0 Å². The summed E-state index contributed by atoms with van der Waals surface area (Å²) in [6.07, 6.45) is 2.06. The summed E-state index contributed by atoms with van der Waals surface area (Å²) in [5, 5.41) is 31.6. The summed E-state index contributed by atoms with van der Waals surface area (Å²) in [5.74, 6) is -2.44. The Balaban J connectivity index is 1.20. The highest BCUT2D eigenvalue weighted by Gasteiger charge is 2.60. The van der Waals surface area contributed by atoms with Crippen LogP contribution in [0, 0.1) is 23.2 Å². The van der Waals surface area contributed by atoms with E-state index in [9.17, 15) is 24.3 Å². The molecule has 0 aromatic carbocycles. The Hall–Kier alpha value is -3.53. The summed E-state index contributed by atoms with van der Waals surface area (Å²) in [7, 11) is 0. The van der Waals surface area contributed by atoms with Gasteiger partial charge in [-0.3, -0.25) is 19.8 Å². The number of carbonyl (C=O) groups excluding carboxylic acids is 3. The lowest BCUT2D eigenvalue weighted by molar-refractivity contribution is -0.160. The number of guanidine groups is 1. The van der Waals surface area contributed by atoms with Crippen molar-refractivity contribution in [3.63, 3.8) is 0 Å². The van der Waals surface area contributed by atoms with Crippen LogP contribution in [0.4, 0.5) is 0 Å². The molecule has 216 valence electrons. The molecule has 4 aliphatic heterocycles. The third-order valence-electron chi connectivity index (χ3n) is 8.30. The summed E-state index contributed by atoms with van der Waals surface area (Å²) < 4.78 is 1.33. The summed E-state index contributed by atoms with van der Waals surface area (Å²) in [6, 6.07) is -0.689. The van der Waals surface area contributed by atoms with Crippen molar-refractivity contribution in [3.05, 3.63) is 16.9 Å². The first-order valence-corrected chi connectivity index (χ1v) is 14.3. The van der Waals surface area contributed by atoms with E-state index in [0.717, 1.165) is 0 Å². The zero-order valence-corrected chi connectivity index (χ0v) is 23.2. The van der Waals surface area contributed by atoms with Crippen LogP contribution in [0.2, 0.25) is 0 Å². The topological polar surface area (TPSA) is 204 Å². The minimum absolute atomic E-state index is 0.00237. The number of aliphatic carboxylic acids is 1. The van der Waals surface area contributed by atoms with E-state index in [0.29, 0.717) is 44.0 Å². The first-order chi connectivity index (χ1) is 19.1. The maximum Gasteiger partial charge on any atom is 0.353 e. The molecule has 1 aromatic heterocycles. The van der Waals surface area contributed by atoms with Crippen molar-refractivity contribution in [2.45, 2.75) is 50.6 Å². The van der Waals surface area contributed by atoms with Crippen LogP contribution in [0.15, 0.2) is 16.9 Å². The van der Waals surface area contributed by atoms with Gasteiger partial charge in [0.25, 0.3) is 0 Å². The van der Waals surface area contributed by atoms with Gasteiger partial charge in [0.1, 0.15) is 18.6 Å². The quantitative estimate of drug-likeness (QED) is 0.152. The van der Waals surface area contributed by atoms with E-state index < -0.39 is 11.9 Å². The van der Waals surface area contributed by atoms with Gasteiger partial charge in [-0.25, -0.2) is 9.48 Å². The number of aromatic nitrogens is 4. The van der Waals surface area contributed by atoms with Crippen LogP contribution < -0.4 is 11.1 Å². The van der Waals surface area contributed by atoms with Gasteiger partial charge in [0.2, 0.25) is 11.8 Å². The Kier molecular flexibility index (Phi) is 7.81. The average molecular weight is 575 g/mol. The lowest BCUT2D eigenvalue weighted by Crippen LogP contribution is -2.62. The van der Waals surface area contributed by atoms with Crippen molar-refractivity contribution in [2.24, 2.45) is 23.5 Å². The molecule has 0 aliphatic carbocycles. The third-order valence-corrected chi connectivity index (χ3v) is 9.81. The Labute approximate surface area is 235 Å². The van der Waals surface area contributed by atoms with E-state index in [2.05, 4.69) is 20.8 Å². The van der Waals surface area contributed by atoms with Gasteiger partial charge in [-0.15, -0.1) is 16.9 Å². The summed E-state index contributed by atoms with van der Waals surface area (Å²) in [4.78, 5) is 56.7. The second kappa shape index (κ2) is 11.2. The summed E-state index contributed by atoms with van der Waals surface area (Å²) in [5.41, 5.74) is 5.57. The number of hydrogen-bond acceptors (Lipinski definition) is 10. The monoisotopic (exact) mass is 574 g/mol. The molecular weight excluding hydrogens is 540 g/mol. The van der Waals surface area contributed by atoms with Crippen LogP contribution in [0.1, 0.15) is 26.7 Å². The minimum Gasteiger partial charge on any atom is -0.477 e. The molecule has 3 saturated heterocycles. The van der Waals surface area contributed by atoms with Crippen molar-refractivity contribution >= 4 is 41.3 Å². The number of amides is 2. The van der Waals surface area contributed by atoms with Gasteiger partial charge in [-0.05, 0) is 22.8 Å². The van der Waals surface area contributed by atoms with E-state index in [1.807, 2.05) is 13.8 Å². The highest BCUT2D eigenvalue weighted by atomic mass is 32.2. The van der Waals surface area contributed by atoms with E-state index in [4.69, 9.17) is 11.1 Å². The number of fused-ring (bicyclic) bond motifs is 1. The molecule has 1 aromatic rings. The number of thioether (sulfide) groups is 1. The molecule has 40 heavy (non-hydrogen) atoms. The second-order valence-electron chi connectivity index (χ2n) is 10.9. The molecule has 0 spiro atoms. The molecular formula is C24H34N10O5S. The zero-order chi connectivity index (χ0) is 28.7. The number of ketones is 1. The van der Waals surface area contributed by atoms with Crippen molar-refractivity contribution < 1.29 is 24.3 Å². The van der Waals surface area contributed by atoms with Gasteiger partial charge < -0.3 is 30.9 Å². The molecule has 5 rings (SSSR count). The molecule has 3 fully saturated rings. The molecule has 15 nitrogen and oxygen atoms in total. The number of nitrogens with one attached hydrogen (secondary N) is 2. The predicted molar refractivity (Wildman–Crippen MR) is 142 cm³/mol. The molecule has 5 heterocycles. The third kappa shape index (κ3) is 5.16. The predicted octanol–water partition coefficient (Wildman–Crippen LogP) is -1.46. The largest absolute Gasteiger partial charge is 0.477 e. The van der Waals surface area contributed by atoms with E-state index in [-0.39, 0.29) is 71.4 Å². The average Bonchev–Trinajstić information content (AvgIpc) is 3.64. The molecule has 6 atom stereocenters. The fourth-order valence-electron chi connectivity index (χ4n) is 6.30. The van der Waals surface area contributed by atoms with Crippen LogP contribution >= 0.6 is 11.8 Å². The number of nitrogens with two attached hydrogens (primary N) is 1. The standard InChI is InChI=1S/C24H34N10O5S/c1-12(7-14(35)10-33-11-28-29-30-33)17-18-13(2)20(19(23(38)39)34(18)22(17)37)40-15-8-16(27-9-15)21(36)31-3-5-32(6-4-31)24(25)26/h11-13,15-18,27H,3-10H2,1-2H3,(H3,25,26)(H,38,39)/t12-,13+,15-,16-,17+,18+/m0/s1. The number of carbonyl (C=O) groups is 4. The maximum absolute atomic E-state index is 13.2. The summed E-state index contributed by atoms with van der Waals surface area (Å²) >= 11 is 1.44. The molecule has 0 unspecified atom stereocenters. The van der Waals surface area contributed by atoms with Crippen molar-refractivity contribution in [1.29, 1.82) is 5.41 Å². The number of hydrogen-bond donors (Lipinski definition) is 4. The number of Topliss-reactive ketones (excluding diaryl/α,β-unsaturated/α-hetero) is 1. The second-order valence-corrected chi connectivity index (χ2v) is 12.2. The maximum atomic E-state index is 13.2. The van der Waals surface area contributed by atoms with Crippen LogP contribution in [0.3, 0.4) is 0 Å². The van der Waals surface area contributed by atoms with Gasteiger partial charge in [-0.1, -0.05) is 13.8 Å². The fraction of sp³-hybridized carbons (Fsp3) is 0.667. The molecule has 16 heteroatoms. The normalized spacial score (nSPS) is 28.9. The molecule has 5 N–H and O–H groups in total. The van der Waals surface area contributed by atoms with E-state index in [1.54, 1.807) is 9.80 Å². The lowest BCUT2D eigenvalue weighted by atomic mass is 9.73. The molecule has 0 bridgehead atoms. The zero-order valence-electron chi connectivity index (χ0n) is 22.4. The van der Waals surface area contributed by atoms with Crippen molar-refractivity contribution in [3.8, 4) is 0 Å². The molecule has 4 aliphatic rings. The Morgan fingerprint density at radius 3 is 2.58 bits per heavy atom. The van der Waals surface area contributed by atoms with Crippen LogP contribution in [0.5, 0.6) is 0 Å². The van der Waals surface area contributed by atoms with Gasteiger partial charge >= 0.3 is 5.97 Å². The molecule has 2 amide bonds. The van der Waals surface area contributed by atoms with E-state index in [1.165, 1.54) is 27.7 Å². The smallest absolute Gasteiger partial charge is 0.353 e. The number of carboxylic acid groups (broad SMARTS) is 1. The number of β-lactam (4-membered cyclic amide) rings is 1. The first kappa shape index (κ1) is 28.0. The Bertz CT molecular complexity index is 1230. The number of rotatable bonds is 9. The molecule has 0 saturated carbocycles. The van der Waals surface area contributed by atoms with Crippen LogP contribution in [0.25, 0.3) is 0 Å². The number of piperazine rings is 1. The SMILES string of the molecule is C[C@@H](CC(=O)Cn1cnnn1)[C@H]1C(=O)N2C(C(=O)O)=C(S[C@@H]3CN[C@H](C(=O)N4CCN(C(=N)N)CC4)C3)[C@H](C)[C@H]12. The van der Waals surface area contributed by atoms with Crippen LogP contribution in [-0.4, -0.2) is 120 Å². The first-order valence-electron chi connectivity index (χ1n) is 13.4. The lowest BCUT2D eigenvalue weighted by Gasteiger charge is -2.47. The van der Waals surface area contributed by atoms with Gasteiger partial charge in [0.05, 0.1) is 18.0 Å². The van der Waals surface area contributed by atoms with Gasteiger partial charge in [-0.2, -0.15) is 0 Å². The van der Waals surface area contributed by atoms with Crippen molar-refractivity contribution in [1.82, 2.24) is 40.2 Å². The van der Waals surface area contributed by atoms with Crippen LogP contribution in [-0.2, 0) is 25.7 Å². The minimum atomic E-state index is -1.15. The highest BCUT2D eigenvalue weighted by molar-refractivity contribution is 8.03. The van der Waals surface area contributed by atoms with Crippen molar-refractivity contribution in [2.75, 3.05) is 32.7 Å². The number of tetrazole rings is 1. The molecule has 0 radical (unpaired) electrons. The summed E-state index contributed by atoms with van der Waals surface area (Å²) in [6.45, 7) is 6.38. The van der Waals surface area contributed by atoms with Gasteiger partial charge in [0, 0.05) is 55.2 Å².